The van der Waals surface area contributed by atoms with Gasteiger partial charge in [0.15, 0.2) is 0 Å². The van der Waals surface area contributed by atoms with E-state index in [-0.39, 0.29) is 5.91 Å². The quantitative estimate of drug-likeness (QED) is 0.787. The second-order valence-corrected chi connectivity index (χ2v) is 7.08. The van der Waals surface area contributed by atoms with Gasteiger partial charge in [-0.3, -0.25) is 4.79 Å². The first kappa shape index (κ1) is 16.2. The average Bonchev–Trinajstić information content (AvgIpc) is 3.19. The number of nitrogens with zero attached hydrogens (tertiary/aromatic N) is 4. The van der Waals surface area contributed by atoms with E-state index < -0.39 is 0 Å². The minimum atomic E-state index is 0.0329. The van der Waals surface area contributed by atoms with Gasteiger partial charge in [-0.15, -0.1) is 11.3 Å². The zero-order valence-electron chi connectivity index (χ0n) is 13.9. The summed E-state index contributed by atoms with van der Waals surface area (Å²) in [6.07, 6.45) is 6.25. The lowest BCUT2D eigenvalue weighted by Crippen LogP contribution is -2.39. The molecule has 0 unspecified atom stereocenters. The number of fused-ring (bicyclic) bond motifs is 1. The van der Waals surface area contributed by atoms with Gasteiger partial charge in [0.05, 0.1) is 25.5 Å². The molecule has 2 aliphatic heterocycles. The third-order valence-electron chi connectivity index (χ3n) is 4.47. The number of carbonyl (C=O) groups is 1. The summed E-state index contributed by atoms with van der Waals surface area (Å²) in [4.78, 5) is 26.8. The van der Waals surface area contributed by atoms with Crippen LogP contribution in [0.3, 0.4) is 0 Å². The van der Waals surface area contributed by atoms with E-state index in [0.717, 1.165) is 41.6 Å². The van der Waals surface area contributed by atoms with Crippen LogP contribution in [-0.2, 0) is 22.5 Å². The maximum atomic E-state index is 12.5. The number of hydrogen-bond acceptors (Lipinski definition) is 6. The van der Waals surface area contributed by atoms with Crippen LogP contribution in [0, 0.1) is 0 Å². The number of carbonyl (C=O) groups excluding carboxylic acids is 1. The second-order valence-electron chi connectivity index (χ2n) is 6.10. The molecule has 25 heavy (non-hydrogen) atoms. The molecule has 130 valence electrons. The number of hydrogen-bond donors (Lipinski definition) is 0. The Kier molecular flexibility index (Phi) is 4.76. The zero-order valence-corrected chi connectivity index (χ0v) is 14.7. The van der Waals surface area contributed by atoms with Gasteiger partial charge in [0.25, 0.3) is 0 Å². The number of morpholine rings is 1. The van der Waals surface area contributed by atoms with Crippen molar-refractivity contribution in [3.8, 4) is 0 Å². The number of rotatable bonds is 3. The van der Waals surface area contributed by atoms with Crippen molar-refractivity contribution in [3.63, 3.8) is 0 Å². The average molecular weight is 356 g/mol. The highest BCUT2D eigenvalue weighted by Gasteiger charge is 2.23. The van der Waals surface area contributed by atoms with Gasteiger partial charge in [0, 0.05) is 36.8 Å². The van der Waals surface area contributed by atoms with Gasteiger partial charge in [0.1, 0.15) is 0 Å². The molecule has 0 saturated carbocycles. The van der Waals surface area contributed by atoms with Crippen LogP contribution in [-0.4, -0.2) is 53.6 Å². The van der Waals surface area contributed by atoms with E-state index in [9.17, 15) is 4.79 Å². The Balaban J connectivity index is 1.46. The van der Waals surface area contributed by atoms with E-state index in [1.807, 2.05) is 34.7 Å². The predicted octanol–water partition coefficient (Wildman–Crippen LogP) is 1.97. The summed E-state index contributed by atoms with van der Waals surface area (Å²) in [6.45, 7) is 4.29. The minimum Gasteiger partial charge on any atom is -0.378 e. The highest BCUT2D eigenvalue weighted by atomic mass is 32.1. The van der Waals surface area contributed by atoms with Gasteiger partial charge < -0.3 is 14.5 Å². The van der Waals surface area contributed by atoms with Crippen molar-refractivity contribution in [2.24, 2.45) is 0 Å². The van der Waals surface area contributed by atoms with E-state index in [0.29, 0.717) is 26.3 Å². The number of ether oxygens (including phenoxy) is 1. The van der Waals surface area contributed by atoms with Gasteiger partial charge >= 0.3 is 0 Å². The Labute approximate surface area is 150 Å². The smallest absolute Gasteiger partial charge is 0.246 e. The normalized spacial score (nSPS) is 17.8. The van der Waals surface area contributed by atoms with Crippen LogP contribution < -0.4 is 4.90 Å². The standard InChI is InChI=1S/C18H20N4O2S/c23-17(4-3-15-2-1-11-25-15)22-6-5-14-12-19-18(20-16(14)13-22)21-7-9-24-10-8-21/h1-4,11-12H,5-10,13H2/b4-3+. The summed E-state index contributed by atoms with van der Waals surface area (Å²) in [5, 5.41) is 2.01. The lowest BCUT2D eigenvalue weighted by atomic mass is 10.1. The van der Waals surface area contributed by atoms with Crippen molar-refractivity contribution in [1.29, 1.82) is 0 Å². The second kappa shape index (κ2) is 7.33. The van der Waals surface area contributed by atoms with Crippen LogP contribution in [0.4, 0.5) is 5.95 Å². The van der Waals surface area contributed by atoms with Crippen molar-refractivity contribution >= 4 is 29.3 Å². The molecule has 6 nitrogen and oxygen atoms in total. The molecule has 2 aliphatic rings. The van der Waals surface area contributed by atoms with Gasteiger partial charge in [-0.1, -0.05) is 6.07 Å². The van der Waals surface area contributed by atoms with E-state index >= 15 is 0 Å². The maximum Gasteiger partial charge on any atom is 0.246 e. The molecule has 7 heteroatoms. The fraction of sp³-hybridized carbons (Fsp3) is 0.389. The molecule has 0 spiro atoms. The first-order chi connectivity index (χ1) is 12.3. The molecule has 4 rings (SSSR count). The Morgan fingerprint density at radius 1 is 1.28 bits per heavy atom. The Hall–Kier alpha value is -2.25. The highest BCUT2D eigenvalue weighted by molar-refractivity contribution is 7.10. The maximum absolute atomic E-state index is 12.5. The molecule has 2 aromatic rings. The number of aromatic nitrogens is 2. The molecule has 4 heterocycles. The molecular formula is C18H20N4O2S. The molecule has 0 atom stereocenters. The van der Waals surface area contributed by atoms with Crippen LogP contribution in [0.25, 0.3) is 6.08 Å². The van der Waals surface area contributed by atoms with Crippen molar-refractivity contribution in [3.05, 3.63) is 45.9 Å². The summed E-state index contributed by atoms with van der Waals surface area (Å²) in [7, 11) is 0. The molecular weight excluding hydrogens is 336 g/mol. The predicted molar refractivity (Wildman–Crippen MR) is 97.5 cm³/mol. The topological polar surface area (TPSA) is 58.6 Å². The number of thiophene rings is 1. The lowest BCUT2D eigenvalue weighted by molar-refractivity contribution is -0.126. The first-order valence-corrected chi connectivity index (χ1v) is 9.35. The minimum absolute atomic E-state index is 0.0329. The summed E-state index contributed by atoms with van der Waals surface area (Å²) in [6, 6.07) is 3.98. The van der Waals surface area contributed by atoms with E-state index in [4.69, 9.17) is 9.72 Å². The molecule has 0 N–H and O–H groups in total. The Morgan fingerprint density at radius 2 is 2.16 bits per heavy atom. The van der Waals surface area contributed by atoms with E-state index in [1.165, 1.54) is 0 Å². The Bertz CT molecular complexity index is 769. The molecule has 0 bridgehead atoms. The van der Waals surface area contributed by atoms with Gasteiger partial charge in [-0.2, -0.15) is 0 Å². The van der Waals surface area contributed by atoms with Crippen LogP contribution in [0.15, 0.2) is 29.8 Å². The van der Waals surface area contributed by atoms with Crippen molar-refractivity contribution in [2.45, 2.75) is 13.0 Å². The fourth-order valence-electron chi connectivity index (χ4n) is 3.04. The molecule has 0 aromatic carbocycles. The number of anilines is 1. The SMILES string of the molecule is O=C(/C=C/c1cccs1)N1CCc2cnc(N3CCOCC3)nc2C1. The third kappa shape index (κ3) is 3.72. The third-order valence-corrected chi connectivity index (χ3v) is 5.31. The molecule has 1 amide bonds. The highest BCUT2D eigenvalue weighted by Crippen LogP contribution is 2.20. The lowest BCUT2D eigenvalue weighted by Gasteiger charge is -2.30. The summed E-state index contributed by atoms with van der Waals surface area (Å²) >= 11 is 1.62. The summed E-state index contributed by atoms with van der Waals surface area (Å²) in [5.74, 6) is 0.774. The fourth-order valence-corrected chi connectivity index (χ4v) is 3.66. The molecule has 0 aliphatic carbocycles. The van der Waals surface area contributed by atoms with Gasteiger partial charge in [-0.05, 0) is 29.5 Å². The van der Waals surface area contributed by atoms with Crippen molar-refractivity contribution in [2.75, 3.05) is 37.7 Å². The van der Waals surface area contributed by atoms with Crippen LogP contribution in [0.1, 0.15) is 16.1 Å². The van der Waals surface area contributed by atoms with Gasteiger partial charge in [0.2, 0.25) is 11.9 Å². The summed E-state index contributed by atoms with van der Waals surface area (Å²) in [5.41, 5.74) is 2.10. The van der Waals surface area contributed by atoms with Crippen molar-refractivity contribution in [1.82, 2.24) is 14.9 Å². The molecule has 1 fully saturated rings. The number of amides is 1. The van der Waals surface area contributed by atoms with E-state index in [1.54, 1.807) is 17.4 Å². The van der Waals surface area contributed by atoms with Crippen LogP contribution >= 0.6 is 11.3 Å². The van der Waals surface area contributed by atoms with E-state index in [2.05, 4.69) is 9.88 Å². The van der Waals surface area contributed by atoms with Gasteiger partial charge in [-0.25, -0.2) is 9.97 Å². The van der Waals surface area contributed by atoms with Crippen molar-refractivity contribution < 1.29 is 9.53 Å². The Morgan fingerprint density at radius 3 is 2.96 bits per heavy atom. The van der Waals surface area contributed by atoms with Crippen LogP contribution in [0.2, 0.25) is 0 Å². The zero-order chi connectivity index (χ0) is 17.1. The first-order valence-electron chi connectivity index (χ1n) is 8.47. The summed E-state index contributed by atoms with van der Waals surface area (Å²) < 4.78 is 5.38. The largest absolute Gasteiger partial charge is 0.378 e. The van der Waals surface area contributed by atoms with Crippen LogP contribution in [0.5, 0.6) is 0 Å². The molecule has 0 radical (unpaired) electrons. The molecule has 1 saturated heterocycles. The molecule has 2 aromatic heterocycles. The monoisotopic (exact) mass is 356 g/mol.